The van der Waals surface area contributed by atoms with Crippen molar-refractivity contribution in [3.63, 3.8) is 0 Å². The summed E-state index contributed by atoms with van der Waals surface area (Å²) >= 11 is 4.60. The third kappa shape index (κ3) is 2.96. The molecular formula is C7H7BrN2O2S. The van der Waals surface area contributed by atoms with Crippen LogP contribution < -0.4 is 0 Å². The number of thioether (sulfide) groups is 1. The maximum Gasteiger partial charge on any atom is 0.307 e. The molecule has 6 heteroatoms. The topological polar surface area (TPSA) is 63.1 Å². The van der Waals surface area contributed by atoms with Gasteiger partial charge >= 0.3 is 5.97 Å². The first-order chi connectivity index (χ1) is 6.13. The molecule has 0 atom stereocenters. The Morgan fingerprint density at radius 2 is 2.46 bits per heavy atom. The molecule has 0 fully saturated rings. The molecule has 0 unspecified atom stereocenters. The summed E-state index contributed by atoms with van der Waals surface area (Å²) < 4.78 is 0.550. The van der Waals surface area contributed by atoms with Crippen LogP contribution in [0.4, 0.5) is 0 Å². The van der Waals surface area contributed by atoms with Gasteiger partial charge in [-0.15, -0.1) is 0 Å². The van der Waals surface area contributed by atoms with Crippen LogP contribution >= 0.6 is 27.7 Å². The maximum absolute atomic E-state index is 10.4. The molecule has 0 radical (unpaired) electrons. The van der Waals surface area contributed by atoms with E-state index in [0.29, 0.717) is 15.3 Å². The zero-order chi connectivity index (χ0) is 9.84. The van der Waals surface area contributed by atoms with Crippen LogP contribution in [0.2, 0.25) is 0 Å². The highest BCUT2D eigenvalue weighted by molar-refractivity contribution is 9.10. The van der Waals surface area contributed by atoms with Gasteiger partial charge in [0.1, 0.15) is 4.60 Å². The van der Waals surface area contributed by atoms with E-state index in [-0.39, 0.29) is 6.42 Å². The molecule has 70 valence electrons. The summed E-state index contributed by atoms with van der Waals surface area (Å²) in [6, 6.07) is 0. The summed E-state index contributed by atoms with van der Waals surface area (Å²) in [7, 11) is 0. The molecule has 0 aliphatic carbocycles. The second-order valence-electron chi connectivity index (χ2n) is 2.24. The molecule has 1 heterocycles. The van der Waals surface area contributed by atoms with Crippen molar-refractivity contribution in [2.45, 2.75) is 11.6 Å². The Morgan fingerprint density at radius 1 is 1.77 bits per heavy atom. The van der Waals surface area contributed by atoms with E-state index >= 15 is 0 Å². The van der Waals surface area contributed by atoms with Crippen LogP contribution in [0.1, 0.15) is 5.56 Å². The highest BCUT2D eigenvalue weighted by Gasteiger charge is 2.07. The summed E-state index contributed by atoms with van der Waals surface area (Å²) in [5.41, 5.74) is 0.588. The van der Waals surface area contributed by atoms with Crippen molar-refractivity contribution in [3.8, 4) is 0 Å². The normalized spacial score (nSPS) is 10.0. The zero-order valence-electron chi connectivity index (χ0n) is 6.82. The van der Waals surface area contributed by atoms with Crippen molar-refractivity contribution < 1.29 is 9.90 Å². The molecule has 0 bridgehead atoms. The Balaban J connectivity index is 2.91. The zero-order valence-corrected chi connectivity index (χ0v) is 9.22. The molecule has 1 N–H and O–H groups in total. The molecule has 0 spiro atoms. The standard InChI is InChI=1S/C7H7BrN2O2S/c1-13-7-9-3-4(2-5(11)12)6(8)10-7/h3H,2H2,1H3,(H,11,12). The van der Waals surface area contributed by atoms with Gasteiger partial charge in [0.2, 0.25) is 0 Å². The summed E-state index contributed by atoms with van der Waals surface area (Å²) in [6.07, 6.45) is 3.32. The van der Waals surface area contributed by atoms with Crippen molar-refractivity contribution in [3.05, 3.63) is 16.4 Å². The third-order valence-corrected chi connectivity index (χ3v) is 2.56. The van der Waals surface area contributed by atoms with Crippen LogP contribution in [0, 0.1) is 0 Å². The predicted molar refractivity (Wildman–Crippen MR) is 52.9 cm³/mol. The van der Waals surface area contributed by atoms with Gasteiger partial charge in [-0.25, -0.2) is 9.97 Å². The summed E-state index contributed by atoms with van der Waals surface area (Å²) in [6.45, 7) is 0. The monoisotopic (exact) mass is 262 g/mol. The molecule has 0 amide bonds. The number of aromatic nitrogens is 2. The van der Waals surface area contributed by atoms with E-state index < -0.39 is 5.97 Å². The minimum Gasteiger partial charge on any atom is -0.481 e. The van der Waals surface area contributed by atoms with Crippen molar-refractivity contribution in [2.24, 2.45) is 0 Å². The van der Waals surface area contributed by atoms with Crippen molar-refractivity contribution in [1.29, 1.82) is 0 Å². The lowest BCUT2D eigenvalue weighted by molar-refractivity contribution is -0.136. The van der Waals surface area contributed by atoms with E-state index in [1.807, 2.05) is 6.26 Å². The lowest BCUT2D eigenvalue weighted by atomic mass is 10.2. The molecule has 0 aliphatic rings. The maximum atomic E-state index is 10.4. The van der Waals surface area contributed by atoms with Gasteiger partial charge in [0, 0.05) is 11.8 Å². The van der Waals surface area contributed by atoms with Gasteiger partial charge in [-0.1, -0.05) is 11.8 Å². The number of nitrogens with zero attached hydrogens (tertiary/aromatic N) is 2. The summed E-state index contributed by atoms with van der Waals surface area (Å²) in [4.78, 5) is 18.4. The van der Waals surface area contributed by atoms with E-state index in [4.69, 9.17) is 5.11 Å². The second kappa shape index (κ2) is 4.57. The lowest BCUT2D eigenvalue weighted by Gasteiger charge is -2.00. The summed E-state index contributed by atoms with van der Waals surface area (Å²) in [5, 5.41) is 9.16. The lowest BCUT2D eigenvalue weighted by Crippen LogP contribution is -2.03. The minimum atomic E-state index is -0.888. The van der Waals surface area contributed by atoms with E-state index in [1.165, 1.54) is 18.0 Å². The number of carbonyl (C=O) groups is 1. The Labute approximate surface area is 87.9 Å². The van der Waals surface area contributed by atoms with Crippen LogP contribution in [-0.2, 0) is 11.2 Å². The second-order valence-corrected chi connectivity index (χ2v) is 3.77. The first-order valence-electron chi connectivity index (χ1n) is 3.40. The Hall–Kier alpha value is -0.620. The highest BCUT2D eigenvalue weighted by atomic mass is 79.9. The van der Waals surface area contributed by atoms with Crippen molar-refractivity contribution >= 4 is 33.7 Å². The van der Waals surface area contributed by atoms with Crippen LogP contribution in [0.15, 0.2) is 16.0 Å². The van der Waals surface area contributed by atoms with E-state index in [1.54, 1.807) is 0 Å². The van der Waals surface area contributed by atoms with Gasteiger partial charge in [-0.2, -0.15) is 0 Å². The highest BCUT2D eigenvalue weighted by Crippen LogP contribution is 2.17. The first-order valence-corrected chi connectivity index (χ1v) is 5.42. The number of hydrogen-bond acceptors (Lipinski definition) is 4. The van der Waals surface area contributed by atoms with Gasteiger partial charge in [0.15, 0.2) is 5.16 Å². The van der Waals surface area contributed by atoms with Gasteiger partial charge in [-0.3, -0.25) is 4.79 Å². The molecule has 0 aromatic carbocycles. The van der Waals surface area contributed by atoms with Crippen LogP contribution in [0.25, 0.3) is 0 Å². The average molecular weight is 263 g/mol. The van der Waals surface area contributed by atoms with E-state index in [0.717, 1.165) is 0 Å². The van der Waals surface area contributed by atoms with Crippen molar-refractivity contribution in [2.75, 3.05) is 6.26 Å². The van der Waals surface area contributed by atoms with E-state index in [2.05, 4.69) is 25.9 Å². The van der Waals surface area contributed by atoms with Gasteiger partial charge in [0.05, 0.1) is 6.42 Å². The molecule has 1 aromatic rings. The Bertz CT molecular complexity index is 332. The smallest absolute Gasteiger partial charge is 0.307 e. The molecular weight excluding hydrogens is 256 g/mol. The number of aliphatic carboxylic acids is 1. The molecule has 13 heavy (non-hydrogen) atoms. The molecule has 0 saturated carbocycles. The number of carboxylic acid groups (broad SMARTS) is 1. The Morgan fingerprint density at radius 3 is 2.92 bits per heavy atom. The molecule has 4 nitrogen and oxygen atoms in total. The van der Waals surface area contributed by atoms with Gasteiger partial charge < -0.3 is 5.11 Å². The fourth-order valence-corrected chi connectivity index (χ4v) is 1.62. The number of hydrogen-bond donors (Lipinski definition) is 1. The van der Waals surface area contributed by atoms with Gasteiger partial charge in [0.25, 0.3) is 0 Å². The Kier molecular flexibility index (Phi) is 3.68. The predicted octanol–water partition coefficient (Wildman–Crippen LogP) is 1.59. The third-order valence-electron chi connectivity index (χ3n) is 1.31. The number of rotatable bonds is 3. The quantitative estimate of drug-likeness (QED) is 0.509. The number of carboxylic acids is 1. The van der Waals surface area contributed by atoms with Crippen LogP contribution in [0.3, 0.4) is 0 Å². The van der Waals surface area contributed by atoms with Gasteiger partial charge in [-0.05, 0) is 22.2 Å². The molecule has 1 rings (SSSR count). The fraction of sp³-hybridized carbons (Fsp3) is 0.286. The number of halogens is 1. The minimum absolute atomic E-state index is 0.0603. The molecule has 1 aromatic heterocycles. The fourth-order valence-electron chi connectivity index (χ4n) is 0.751. The summed E-state index contributed by atoms with van der Waals surface area (Å²) in [5.74, 6) is -0.888. The van der Waals surface area contributed by atoms with Crippen LogP contribution in [-0.4, -0.2) is 27.3 Å². The van der Waals surface area contributed by atoms with Crippen LogP contribution in [0.5, 0.6) is 0 Å². The molecule has 0 aliphatic heterocycles. The molecule has 0 saturated heterocycles. The van der Waals surface area contributed by atoms with Crippen molar-refractivity contribution in [1.82, 2.24) is 9.97 Å². The van der Waals surface area contributed by atoms with E-state index in [9.17, 15) is 4.79 Å². The SMILES string of the molecule is CSc1ncc(CC(=O)O)c(Br)n1. The average Bonchev–Trinajstić information content (AvgIpc) is 2.08. The largest absolute Gasteiger partial charge is 0.481 e. The first kappa shape index (κ1) is 10.5.